The first-order valence-electron chi connectivity index (χ1n) is 11.3. The minimum Gasteiger partial charge on any atom is -0.396 e. The number of rotatable bonds is 20. The molecule has 0 aromatic heterocycles. The third kappa shape index (κ3) is 20.5. The van der Waals surface area contributed by atoms with E-state index < -0.39 is 0 Å². The van der Waals surface area contributed by atoms with Crippen LogP contribution in [0.3, 0.4) is 0 Å². The molecule has 4 heteroatoms. The SMILES string of the molecule is CCCCCCCC/C=C\CCCCCCCCC(N)(CCO)CCO.Cl. The third-order valence-electron chi connectivity index (χ3n) is 5.41. The minimum absolute atomic E-state index is 0. The summed E-state index contributed by atoms with van der Waals surface area (Å²) in [5, 5.41) is 18.2. The molecule has 4 N–H and O–H groups in total. The van der Waals surface area contributed by atoms with Gasteiger partial charge in [-0.3, -0.25) is 0 Å². The molecule has 0 spiro atoms. The molecule has 0 aliphatic heterocycles. The minimum atomic E-state index is -0.371. The van der Waals surface area contributed by atoms with Crippen LogP contribution in [-0.4, -0.2) is 29.0 Å². The number of hydrogen-bond donors (Lipinski definition) is 3. The van der Waals surface area contributed by atoms with Gasteiger partial charge in [0.05, 0.1) is 0 Å². The molecule has 0 bridgehead atoms. The van der Waals surface area contributed by atoms with Gasteiger partial charge in [0.25, 0.3) is 0 Å². The van der Waals surface area contributed by atoms with Gasteiger partial charge in [0.15, 0.2) is 0 Å². The highest BCUT2D eigenvalue weighted by Crippen LogP contribution is 2.20. The summed E-state index contributed by atoms with van der Waals surface area (Å²) in [6.07, 6.45) is 25.2. The van der Waals surface area contributed by atoms with Gasteiger partial charge in [-0.1, -0.05) is 83.3 Å². The highest BCUT2D eigenvalue weighted by molar-refractivity contribution is 5.85. The monoisotopic (exact) mass is 405 g/mol. The Kier molecular flexibility index (Phi) is 23.9. The fraction of sp³-hybridized carbons (Fsp3) is 0.913. The first-order valence-corrected chi connectivity index (χ1v) is 11.3. The number of hydrogen-bond acceptors (Lipinski definition) is 3. The van der Waals surface area contributed by atoms with Gasteiger partial charge in [0, 0.05) is 18.8 Å². The maximum atomic E-state index is 9.10. The van der Waals surface area contributed by atoms with E-state index in [0.717, 1.165) is 12.8 Å². The van der Waals surface area contributed by atoms with Crippen LogP contribution in [0, 0.1) is 0 Å². The Morgan fingerprint density at radius 3 is 1.48 bits per heavy atom. The lowest BCUT2D eigenvalue weighted by atomic mass is 9.87. The van der Waals surface area contributed by atoms with Gasteiger partial charge in [-0.25, -0.2) is 0 Å². The van der Waals surface area contributed by atoms with Crippen LogP contribution in [0.2, 0.25) is 0 Å². The Labute approximate surface area is 175 Å². The predicted octanol–water partition coefficient (Wildman–Crippen LogP) is 6.30. The summed E-state index contributed by atoms with van der Waals surface area (Å²) >= 11 is 0. The molecule has 0 rings (SSSR count). The molecule has 0 fully saturated rings. The van der Waals surface area contributed by atoms with Crippen molar-refractivity contribution in [2.75, 3.05) is 13.2 Å². The average Bonchev–Trinajstić information content (AvgIpc) is 2.62. The summed E-state index contributed by atoms with van der Waals surface area (Å²) in [6, 6.07) is 0. The molecule has 0 aliphatic carbocycles. The van der Waals surface area contributed by atoms with Crippen molar-refractivity contribution in [1.29, 1.82) is 0 Å². The van der Waals surface area contributed by atoms with E-state index in [9.17, 15) is 0 Å². The molecule has 0 aromatic carbocycles. The molecule has 0 radical (unpaired) electrons. The van der Waals surface area contributed by atoms with E-state index in [4.69, 9.17) is 15.9 Å². The Morgan fingerprint density at radius 2 is 1.04 bits per heavy atom. The van der Waals surface area contributed by atoms with Crippen LogP contribution in [-0.2, 0) is 0 Å². The Hall–Kier alpha value is -0.0900. The Bertz CT molecular complexity index is 305. The lowest BCUT2D eigenvalue weighted by molar-refractivity contribution is 0.183. The number of aliphatic hydroxyl groups excluding tert-OH is 2. The molecule has 0 unspecified atom stereocenters. The van der Waals surface area contributed by atoms with E-state index in [1.54, 1.807) is 0 Å². The van der Waals surface area contributed by atoms with Gasteiger partial charge in [-0.15, -0.1) is 12.4 Å². The van der Waals surface area contributed by atoms with Crippen LogP contribution >= 0.6 is 12.4 Å². The first-order chi connectivity index (χ1) is 12.7. The van der Waals surface area contributed by atoms with Gasteiger partial charge < -0.3 is 15.9 Å². The van der Waals surface area contributed by atoms with Gasteiger partial charge in [0.1, 0.15) is 0 Å². The van der Waals surface area contributed by atoms with Crippen molar-refractivity contribution in [1.82, 2.24) is 0 Å². The first kappa shape index (κ1) is 29.1. The van der Waals surface area contributed by atoms with Crippen molar-refractivity contribution < 1.29 is 10.2 Å². The van der Waals surface area contributed by atoms with Crippen LogP contribution in [0.4, 0.5) is 0 Å². The van der Waals surface area contributed by atoms with E-state index in [1.807, 2.05) is 0 Å². The largest absolute Gasteiger partial charge is 0.396 e. The lowest BCUT2D eigenvalue weighted by Gasteiger charge is -2.28. The lowest BCUT2D eigenvalue weighted by Crippen LogP contribution is -2.41. The van der Waals surface area contributed by atoms with Crippen LogP contribution in [0.5, 0.6) is 0 Å². The Balaban J connectivity index is 0. The second-order valence-electron chi connectivity index (χ2n) is 8.00. The summed E-state index contributed by atoms with van der Waals surface area (Å²) in [7, 11) is 0. The van der Waals surface area contributed by atoms with Crippen molar-refractivity contribution in [3.05, 3.63) is 12.2 Å². The number of aliphatic hydroxyl groups is 2. The van der Waals surface area contributed by atoms with Crippen molar-refractivity contribution in [2.24, 2.45) is 5.73 Å². The zero-order valence-electron chi connectivity index (χ0n) is 18.0. The normalized spacial score (nSPS) is 11.9. The summed E-state index contributed by atoms with van der Waals surface area (Å²) in [6.45, 7) is 2.50. The van der Waals surface area contributed by atoms with E-state index in [2.05, 4.69) is 19.1 Å². The topological polar surface area (TPSA) is 66.5 Å². The van der Waals surface area contributed by atoms with Crippen LogP contribution in [0.1, 0.15) is 116 Å². The smallest absolute Gasteiger partial charge is 0.0448 e. The molecule has 0 saturated carbocycles. The van der Waals surface area contributed by atoms with Crippen molar-refractivity contribution >= 4 is 12.4 Å². The highest BCUT2D eigenvalue weighted by Gasteiger charge is 2.22. The van der Waals surface area contributed by atoms with Crippen LogP contribution in [0.15, 0.2) is 12.2 Å². The summed E-state index contributed by atoms with van der Waals surface area (Å²) in [4.78, 5) is 0. The van der Waals surface area contributed by atoms with Crippen molar-refractivity contribution in [2.45, 2.75) is 122 Å². The molecule has 0 amide bonds. The van der Waals surface area contributed by atoms with Crippen molar-refractivity contribution in [3.8, 4) is 0 Å². The summed E-state index contributed by atoms with van der Waals surface area (Å²) < 4.78 is 0. The molecule has 0 atom stereocenters. The number of allylic oxidation sites excluding steroid dienone is 2. The van der Waals surface area contributed by atoms with E-state index in [-0.39, 0.29) is 31.2 Å². The number of halogens is 1. The standard InChI is InChI=1S/C23H47NO2.ClH/c1-2-3-4-5-6-7-8-9-10-11-12-13-14-15-16-17-18-23(24,19-21-25)20-22-26;/h9-10,25-26H,2-8,11-22,24H2,1H3;1H/b10-9-;. The highest BCUT2D eigenvalue weighted by atomic mass is 35.5. The third-order valence-corrected chi connectivity index (χ3v) is 5.41. The average molecular weight is 406 g/mol. The summed E-state index contributed by atoms with van der Waals surface area (Å²) in [5.41, 5.74) is 5.88. The Morgan fingerprint density at radius 1 is 0.630 bits per heavy atom. The fourth-order valence-electron chi connectivity index (χ4n) is 3.54. The van der Waals surface area contributed by atoms with Crippen LogP contribution < -0.4 is 5.73 Å². The molecule has 3 nitrogen and oxygen atoms in total. The fourth-order valence-corrected chi connectivity index (χ4v) is 3.54. The second kappa shape index (κ2) is 22.2. The van der Waals surface area contributed by atoms with E-state index in [1.165, 1.54) is 83.5 Å². The van der Waals surface area contributed by atoms with E-state index in [0.29, 0.717) is 12.8 Å². The molecule has 0 heterocycles. The zero-order chi connectivity index (χ0) is 19.3. The number of unbranched alkanes of at least 4 members (excludes halogenated alkanes) is 12. The molecule has 0 aliphatic rings. The van der Waals surface area contributed by atoms with Crippen LogP contribution in [0.25, 0.3) is 0 Å². The van der Waals surface area contributed by atoms with Gasteiger partial charge in [-0.2, -0.15) is 0 Å². The predicted molar refractivity (Wildman–Crippen MR) is 122 cm³/mol. The zero-order valence-corrected chi connectivity index (χ0v) is 18.8. The maximum absolute atomic E-state index is 9.10. The molecular weight excluding hydrogens is 358 g/mol. The number of nitrogens with two attached hydrogens (primary N) is 1. The molecule has 0 saturated heterocycles. The second-order valence-corrected chi connectivity index (χ2v) is 8.00. The molecular formula is C23H48ClNO2. The van der Waals surface area contributed by atoms with E-state index >= 15 is 0 Å². The van der Waals surface area contributed by atoms with Gasteiger partial charge in [0.2, 0.25) is 0 Å². The van der Waals surface area contributed by atoms with Gasteiger partial charge >= 0.3 is 0 Å². The summed E-state index contributed by atoms with van der Waals surface area (Å²) in [5.74, 6) is 0. The van der Waals surface area contributed by atoms with Crippen molar-refractivity contribution in [3.63, 3.8) is 0 Å². The quantitative estimate of drug-likeness (QED) is 0.164. The maximum Gasteiger partial charge on any atom is 0.0448 e. The van der Waals surface area contributed by atoms with Gasteiger partial charge in [-0.05, 0) is 44.9 Å². The molecule has 164 valence electrons. The molecule has 27 heavy (non-hydrogen) atoms. The molecule has 0 aromatic rings.